The molecule has 1 aliphatic rings. The lowest BCUT2D eigenvalue weighted by Gasteiger charge is -2.39. The zero-order valence-electron chi connectivity index (χ0n) is 21.3. The number of rotatable bonds is 5. The molecule has 0 aliphatic carbocycles. The molecule has 1 unspecified atom stereocenters. The minimum Gasteiger partial charge on any atom is -0.497 e. The number of ether oxygens (including phenoxy) is 2. The summed E-state index contributed by atoms with van der Waals surface area (Å²) in [5, 5.41) is 0. The molecule has 200 valence electrons. The number of carbonyl (C=O) groups excluding carboxylic acids is 1. The van der Waals surface area contributed by atoms with Crippen LogP contribution in [0.25, 0.3) is 11.1 Å². The molecule has 1 heterocycles. The van der Waals surface area contributed by atoms with Gasteiger partial charge in [-0.2, -0.15) is 13.2 Å². The second-order valence-corrected chi connectivity index (χ2v) is 9.23. The van der Waals surface area contributed by atoms with Crippen LogP contribution in [0, 0.1) is 5.82 Å². The molecule has 1 amide bonds. The maximum absolute atomic E-state index is 14.9. The molecule has 5 rings (SSSR count). The summed E-state index contributed by atoms with van der Waals surface area (Å²) in [6.45, 7) is 0.216. The van der Waals surface area contributed by atoms with E-state index in [4.69, 9.17) is 9.47 Å². The average Bonchev–Trinajstić information content (AvgIpc) is 2.95. The number of halogens is 4. The van der Waals surface area contributed by atoms with Gasteiger partial charge in [-0.15, -0.1) is 0 Å². The van der Waals surface area contributed by atoms with E-state index in [2.05, 4.69) is 0 Å². The van der Waals surface area contributed by atoms with E-state index in [0.717, 1.165) is 39.9 Å². The summed E-state index contributed by atoms with van der Waals surface area (Å²) in [5.74, 6) is -0.841. The van der Waals surface area contributed by atoms with Gasteiger partial charge in [0.05, 0.1) is 31.4 Å². The fourth-order valence-corrected chi connectivity index (χ4v) is 5.06. The molecule has 0 radical (unpaired) electrons. The Morgan fingerprint density at radius 3 is 2.18 bits per heavy atom. The number of amides is 1. The van der Waals surface area contributed by atoms with Gasteiger partial charge in [0.2, 0.25) is 0 Å². The van der Waals surface area contributed by atoms with Crippen molar-refractivity contribution in [3.05, 3.63) is 119 Å². The summed E-state index contributed by atoms with van der Waals surface area (Å²) in [4.78, 5) is 15.2. The predicted octanol–water partition coefficient (Wildman–Crippen LogP) is 7.32. The Morgan fingerprint density at radius 1 is 0.872 bits per heavy atom. The predicted molar refractivity (Wildman–Crippen MR) is 139 cm³/mol. The highest BCUT2D eigenvalue weighted by Gasteiger charge is 2.37. The molecular weight excluding hydrogens is 510 g/mol. The monoisotopic (exact) mass is 535 g/mol. The first-order valence-corrected chi connectivity index (χ1v) is 12.3. The number of alkyl halides is 3. The van der Waals surface area contributed by atoms with Gasteiger partial charge in [0.1, 0.15) is 17.3 Å². The van der Waals surface area contributed by atoms with Gasteiger partial charge < -0.3 is 14.4 Å². The van der Waals surface area contributed by atoms with E-state index in [1.54, 1.807) is 13.2 Å². The Morgan fingerprint density at radius 2 is 1.56 bits per heavy atom. The van der Waals surface area contributed by atoms with Crippen LogP contribution < -0.4 is 9.47 Å². The maximum atomic E-state index is 14.9. The highest BCUT2D eigenvalue weighted by molar-refractivity contribution is 5.95. The van der Waals surface area contributed by atoms with Crippen LogP contribution in [0.15, 0.2) is 84.9 Å². The summed E-state index contributed by atoms with van der Waals surface area (Å²) < 4.78 is 65.4. The van der Waals surface area contributed by atoms with Crippen LogP contribution in [0.5, 0.6) is 11.5 Å². The van der Waals surface area contributed by atoms with Crippen LogP contribution in [0.3, 0.4) is 0 Å². The first-order chi connectivity index (χ1) is 18.7. The Balaban J connectivity index is 1.61. The Hall–Kier alpha value is -4.33. The molecule has 4 aromatic rings. The SMILES string of the molecule is COc1cc2c(c(OC)c1)C(c1ccc(-c3ccccc3)cc1)N(C(=O)c1ccc(C(F)(F)F)cc1F)CC2. The third kappa shape index (κ3) is 5.06. The van der Waals surface area contributed by atoms with Crippen LogP contribution in [-0.2, 0) is 12.6 Å². The minimum atomic E-state index is -4.72. The smallest absolute Gasteiger partial charge is 0.416 e. The van der Waals surface area contributed by atoms with Crippen LogP contribution in [-0.4, -0.2) is 31.6 Å². The molecule has 0 saturated carbocycles. The lowest BCUT2D eigenvalue weighted by atomic mass is 9.86. The molecule has 0 spiro atoms. The van der Waals surface area contributed by atoms with E-state index in [0.29, 0.717) is 24.0 Å². The largest absolute Gasteiger partial charge is 0.497 e. The summed E-state index contributed by atoms with van der Waals surface area (Å²) in [6.07, 6.45) is -4.29. The van der Waals surface area contributed by atoms with Crippen molar-refractivity contribution in [2.45, 2.75) is 18.6 Å². The van der Waals surface area contributed by atoms with E-state index in [1.165, 1.54) is 12.0 Å². The van der Waals surface area contributed by atoms with E-state index in [9.17, 15) is 22.4 Å². The molecule has 0 saturated heterocycles. The van der Waals surface area contributed by atoms with Crippen molar-refractivity contribution < 1.29 is 31.8 Å². The topological polar surface area (TPSA) is 38.8 Å². The number of fused-ring (bicyclic) bond motifs is 1. The Labute approximate surface area is 223 Å². The normalized spacial score (nSPS) is 15.0. The zero-order valence-corrected chi connectivity index (χ0v) is 21.3. The van der Waals surface area contributed by atoms with Gasteiger partial charge >= 0.3 is 6.18 Å². The third-order valence-corrected chi connectivity index (χ3v) is 6.99. The number of nitrogens with zero attached hydrogens (tertiary/aromatic N) is 1. The van der Waals surface area contributed by atoms with Gasteiger partial charge in [-0.1, -0.05) is 54.6 Å². The molecule has 1 aliphatic heterocycles. The highest BCUT2D eigenvalue weighted by Crippen LogP contribution is 2.44. The number of hydrogen-bond donors (Lipinski definition) is 0. The van der Waals surface area contributed by atoms with Crippen molar-refractivity contribution in [2.75, 3.05) is 20.8 Å². The fourth-order valence-electron chi connectivity index (χ4n) is 5.06. The van der Waals surface area contributed by atoms with E-state index in [1.807, 2.05) is 60.7 Å². The van der Waals surface area contributed by atoms with Gasteiger partial charge in [-0.3, -0.25) is 4.79 Å². The molecule has 0 aromatic heterocycles. The summed E-state index contributed by atoms with van der Waals surface area (Å²) in [6, 6.07) is 22.4. The summed E-state index contributed by atoms with van der Waals surface area (Å²) >= 11 is 0. The molecule has 8 heteroatoms. The molecule has 0 N–H and O–H groups in total. The van der Waals surface area contributed by atoms with Gasteiger partial charge in [0, 0.05) is 18.2 Å². The lowest BCUT2D eigenvalue weighted by Crippen LogP contribution is -2.41. The number of hydrogen-bond acceptors (Lipinski definition) is 3. The van der Waals surface area contributed by atoms with Crippen LogP contribution in [0.1, 0.15) is 38.7 Å². The first-order valence-electron chi connectivity index (χ1n) is 12.3. The standard InChI is InChI=1S/C31H25F4NO3/c1-38-24-16-22-14-15-36(30(37)25-13-12-23(17-26(25)32)31(33,34)35)29(28(22)27(18-24)39-2)21-10-8-20(9-11-21)19-6-4-3-5-7-19/h3-13,16-18,29H,14-15H2,1-2H3. The van der Waals surface area contributed by atoms with Gasteiger partial charge in [0.15, 0.2) is 0 Å². The number of benzene rings is 4. The molecule has 4 nitrogen and oxygen atoms in total. The minimum absolute atomic E-state index is 0.216. The summed E-state index contributed by atoms with van der Waals surface area (Å²) in [5.41, 5.74) is 2.80. The van der Waals surface area contributed by atoms with Crippen molar-refractivity contribution in [2.24, 2.45) is 0 Å². The van der Waals surface area contributed by atoms with Crippen molar-refractivity contribution >= 4 is 5.91 Å². The quantitative estimate of drug-likeness (QED) is 0.252. The van der Waals surface area contributed by atoms with E-state index >= 15 is 0 Å². The molecular formula is C31H25F4NO3. The fraction of sp³-hybridized carbons (Fsp3) is 0.194. The van der Waals surface area contributed by atoms with E-state index < -0.39 is 35.1 Å². The van der Waals surface area contributed by atoms with Crippen molar-refractivity contribution in [3.8, 4) is 22.6 Å². The second-order valence-electron chi connectivity index (χ2n) is 9.23. The maximum Gasteiger partial charge on any atom is 0.416 e. The molecule has 0 fully saturated rings. The number of methoxy groups -OCH3 is 2. The molecule has 4 aromatic carbocycles. The Kier molecular flexibility index (Phi) is 7.04. The first kappa shape index (κ1) is 26.3. The van der Waals surface area contributed by atoms with E-state index in [-0.39, 0.29) is 6.54 Å². The molecule has 39 heavy (non-hydrogen) atoms. The van der Waals surface area contributed by atoms with Crippen molar-refractivity contribution in [3.63, 3.8) is 0 Å². The third-order valence-electron chi connectivity index (χ3n) is 6.99. The molecule has 1 atom stereocenters. The van der Waals surface area contributed by atoms with Crippen molar-refractivity contribution in [1.82, 2.24) is 4.90 Å². The molecule has 0 bridgehead atoms. The second kappa shape index (κ2) is 10.4. The average molecular weight is 536 g/mol. The van der Waals surface area contributed by atoms with Gasteiger partial charge in [-0.05, 0) is 52.9 Å². The number of carbonyl (C=O) groups is 1. The van der Waals surface area contributed by atoms with Crippen LogP contribution in [0.2, 0.25) is 0 Å². The van der Waals surface area contributed by atoms with Gasteiger partial charge in [-0.25, -0.2) is 4.39 Å². The van der Waals surface area contributed by atoms with Crippen LogP contribution >= 0.6 is 0 Å². The highest BCUT2D eigenvalue weighted by atomic mass is 19.4. The lowest BCUT2D eigenvalue weighted by molar-refractivity contribution is -0.137. The zero-order chi connectivity index (χ0) is 27.7. The van der Waals surface area contributed by atoms with Gasteiger partial charge in [0.25, 0.3) is 5.91 Å². The van der Waals surface area contributed by atoms with Crippen LogP contribution in [0.4, 0.5) is 17.6 Å². The Bertz CT molecular complexity index is 1480. The van der Waals surface area contributed by atoms with Crippen molar-refractivity contribution in [1.29, 1.82) is 0 Å². The summed E-state index contributed by atoms with van der Waals surface area (Å²) in [7, 11) is 3.06.